The van der Waals surface area contributed by atoms with E-state index < -0.39 is 23.9 Å². The van der Waals surface area contributed by atoms with Gasteiger partial charge < -0.3 is 19.4 Å². The predicted octanol–water partition coefficient (Wildman–Crippen LogP) is -1.68. The van der Waals surface area contributed by atoms with E-state index in [1.807, 2.05) is 0 Å². The molecular formula is C10H19GaN2O8. The molecule has 0 aliphatic heterocycles. The number of carbonyl (C=O) groups excluding carboxylic acids is 4. The topological polar surface area (TPSA) is 112 Å². The van der Waals surface area contributed by atoms with Crippen molar-refractivity contribution in [3.8, 4) is 0 Å². The van der Waals surface area contributed by atoms with Gasteiger partial charge in [-0.2, -0.15) is 0 Å². The molecule has 0 aromatic heterocycles. The van der Waals surface area contributed by atoms with Crippen LogP contribution < -0.4 is 0 Å². The average Bonchev–Trinajstić information content (AvgIpc) is 2.22. The summed E-state index contributed by atoms with van der Waals surface area (Å²) in [6.45, 7) is 3.97. The molecule has 0 aliphatic rings. The third-order valence-corrected chi connectivity index (χ3v) is 1.39. The molecular weight excluding hydrogens is 346 g/mol. The molecule has 0 bridgehead atoms. The summed E-state index contributed by atoms with van der Waals surface area (Å²) in [7, 11) is 0. The van der Waals surface area contributed by atoms with Crippen LogP contribution in [0.25, 0.3) is 0 Å². The molecule has 120 valence electrons. The molecule has 10 nitrogen and oxygen atoms in total. The van der Waals surface area contributed by atoms with Gasteiger partial charge in [-0.15, -0.1) is 0 Å². The monoisotopic (exact) mass is 364 g/mol. The molecule has 0 saturated carbocycles. The second-order valence-electron chi connectivity index (χ2n) is 3.44. The maximum atomic E-state index is 10.8. The first kappa shape index (κ1) is 21.7. The van der Waals surface area contributed by atoms with Crippen LogP contribution in [0, 0.1) is 0 Å². The Bertz CT molecular complexity index is 321. The molecule has 0 spiro atoms. The molecule has 0 aliphatic carbocycles. The van der Waals surface area contributed by atoms with Gasteiger partial charge in [-0.1, -0.05) is 0 Å². The van der Waals surface area contributed by atoms with Crippen LogP contribution in [-0.4, -0.2) is 67.2 Å². The van der Waals surface area contributed by atoms with Gasteiger partial charge in [0.15, 0.2) is 0 Å². The number of hydrogen-bond donors (Lipinski definition) is 0. The van der Waals surface area contributed by atoms with E-state index in [4.69, 9.17) is 0 Å². The van der Waals surface area contributed by atoms with Gasteiger partial charge in [-0.05, 0) is 0 Å². The van der Waals surface area contributed by atoms with Gasteiger partial charge in [-0.25, -0.2) is 0 Å². The zero-order chi connectivity index (χ0) is 15.7. The Kier molecular flexibility index (Phi) is 11.5. The maximum absolute atomic E-state index is 10.8. The van der Waals surface area contributed by atoms with E-state index in [0.29, 0.717) is 10.5 Å². The normalized spacial score (nSPS) is 9.62. The Morgan fingerprint density at radius 1 is 0.619 bits per heavy atom. The molecule has 11 heteroatoms. The Balaban J connectivity index is 0. The number of hydroxylamine groups is 4. The van der Waals surface area contributed by atoms with Crippen molar-refractivity contribution in [3.05, 3.63) is 0 Å². The second kappa shape index (κ2) is 11.1. The predicted molar refractivity (Wildman–Crippen MR) is 70.4 cm³/mol. The molecule has 0 saturated heterocycles. The van der Waals surface area contributed by atoms with Crippen molar-refractivity contribution < 1.29 is 38.5 Å². The van der Waals surface area contributed by atoms with Gasteiger partial charge >= 0.3 is 43.7 Å². The quantitative estimate of drug-likeness (QED) is 0.383. The Morgan fingerprint density at radius 3 is 0.952 bits per heavy atom. The molecule has 0 amide bonds. The summed E-state index contributed by atoms with van der Waals surface area (Å²) in [4.78, 5) is 61.4. The molecule has 21 heavy (non-hydrogen) atoms. The van der Waals surface area contributed by atoms with E-state index in [-0.39, 0.29) is 32.9 Å². The summed E-state index contributed by atoms with van der Waals surface area (Å²) in [6.07, 6.45) is 0. The zero-order valence-corrected chi connectivity index (χ0v) is 11.6. The summed E-state index contributed by atoms with van der Waals surface area (Å²) >= 11 is 0. The fraction of sp³-hybridized carbons (Fsp3) is 0.600. The number of nitrogens with zero attached hydrogens (tertiary/aromatic N) is 2. The first-order chi connectivity index (χ1) is 9.20. The van der Waals surface area contributed by atoms with Crippen LogP contribution in [0.2, 0.25) is 0 Å². The van der Waals surface area contributed by atoms with Crippen LogP contribution >= 0.6 is 0 Å². The van der Waals surface area contributed by atoms with Gasteiger partial charge in [0.05, 0.1) is 13.1 Å². The van der Waals surface area contributed by atoms with E-state index in [2.05, 4.69) is 19.4 Å². The van der Waals surface area contributed by atoms with E-state index in [1.165, 1.54) is 0 Å². The van der Waals surface area contributed by atoms with Crippen LogP contribution in [0.15, 0.2) is 0 Å². The van der Waals surface area contributed by atoms with E-state index in [1.54, 1.807) is 0 Å². The SMILES string of the molecule is CC(=O)ON(CCN(OC(C)=O)OC(C)=O)OC(C)=O.[GaH3]. The molecule has 0 radical (unpaired) electrons. The van der Waals surface area contributed by atoms with Gasteiger partial charge in [0, 0.05) is 38.1 Å². The Hall–Kier alpha value is -1.56. The zero-order valence-electron chi connectivity index (χ0n) is 11.6. The van der Waals surface area contributed by atoms with E-state index in [0.717, 1.165) is 27.7 Å². The summed E-state index contributed by atoms with van der Waals surface area (Å²) in [6, 6.07) is 0. The third-order valence-electron chi connectivity index (χ3n) is 1.39. The molecule has 0 rings (SSSR count). The molecule has 0 atom stereocenters. The summed E-state index contributed by atoms with van der Waals surface area (Å²) < 4.78 is 0. The van der Waals surface area contributed by atoms with Crippen LogP contribution in [-0.2, 0) is 38.5 Å². The van der Waals surface area contributed by atoms with Crippen LogP contribution in [0.1, 0.15) is 27.7 Å². The van der Waals surface area contributed by atoms with Crippen molar-refractivity contribution >= 4 is 43.7 Å². The van der Waals surface area contributed by atoms with Crippen LogP contribution in [0.3, 0.4) is 0 Å². The van der Waals surface area contributed by atoms with Crippen molar-refractivity contribution in [2.24, 2.45) is 0 Å². The van der Waals surface area contributed by atoms with E-state index in [9.17, 15) is 19.2 Å². The average molecular weight is 365 g/mol. The number of rotatable bonds is 7. The van der Waals surface area contributed by atoms with E-state index >= 15 is 0 Å². The van der Waals surface area contributed by atoms with Crippen molar-refractivity contribution in [1.29, 1.82) is 0 Å². The van der Waals surface area contributed by atoms with Gasteiger partial charge in [0.2, 0.25) is 0 Å². The Labute approximate surface area is 134 Å². The third kappa shape index (κ3) is 13.2. The first-order valence-electron chi connectivity index (χ1n) is 5.50. The van der Waals surface area contributed by atoms with Gasteiger partial charge in [0.25, 0.3) is 0 Å². The second-order valence-corrected chi connectivity index (χ2v) is 3.44. The standard InChI is InChI=1S/C10H16N2O8.Ga.3H/c1-7(13)17-11(18-8(2)14)5-6-12(19-9(3)15)20-10(4)16;;;;/h5-6H2,1-4H3;;;;. The molecule has 0 N–H and O–H groups in total. The molecule has 0 aromatic carbocycles. The molecule has 0 aromatic rings. The van der Waals surface area contributed by atoms with Crippen molar-refractivity contribution in [2.45, 2.75) is 27.7 Å². The summed E-state index contributed by atoms with van der Waals surface area (Å²) in [5.74, 6) is -2.90. The molecule has 0 heterocycles. The van der Waals surface area contributed by atoms with Crippen LogP contribution in [0.4, 0.5) is 0 Å². The Morgan fingerprint density at radius 2 is 0.810 bits per heavy atom. The fourth-order valence-electron chi connectivity index (χ4n) is 0.957. The minimum absolute atomic E-state index is 0. The van der Waals surface area contributed by atoms with Crippen LogP contribution in [0.5, 0.6) is 0 Å². The van der Waals surface area contributed by atoms with Crippen molar-refractivity contribution in [3.63, 3.8) is 0 Å². The van der Waals surface area contributed by atoms with Gasteiger partial charge in [0.1, 0.15) is 0 Å². The van der Waals surface area contributed by atoms with Crippen molar-refractivity contribution in [2.75, 3.05) is 13.1 Å². The summed E-state index contributed by atoms with van der Waals surface area (Å²) in [5.41, 5.74) is 0. The van der Waals surface area contributed by atoms with Crippen molar-refractivity contribution in [1.82, 2.24) is 10.5 Å². The molecule has 0 unspecified atom stereocenters. The summed E-state index contributed by atoms with van der Waals surface area (Å²) in [5, 5.41) is 1.15. The molecule has 0 fully saturated rings. The number of carbonyl (C=O) groups is 4. The van der Waals surface area contributed by atoms with Gasteiger partial charge in [-0.3, -0.25) is 19.2 Å². The number of hydrogen-bond acceptors (Lipinski definition) is 10. The minimum atomic E-state index is -0.724. The fourth-order valence-corrected chi connectivity index (χ4v) is 0.957. The first-order valence-corrected chi connectivity index (χ1v) is 5.50.